The Hall–Kier alpha value is -2.28. The van der Waals surface area contributed by atoms with Crippen molar-refractivity contribution in [2.75, 3.05) is 0 Å². The van der Waals surface area contributed by atoms with Crippen LogP contribution in [0.3, 0.4) is 0 Å². The highest BCUT2D eigenvalue weighted by atomic mass is 14.2. The lowest BCUT2D eigenvalue weighted by atomic mass is 9.60. The van der Waals surface area contributed by atoms with Gasteiger partial charge < -0.3 is 0 Å². The van der Waals surface area contributed by atoms with Gasteiger partial charge in [-0.3, -0.25) is 0 Å². The molecule has 0 bridgehead atoms. The van der Waals surface area contributed by atoms with E-state index in [0.29, 0.717) is 0 Å². The minimum Gasteiger partial charge on any atom is -0.0985 e. The van der Waals surface area contributed by atoms with Crippen LogP contribution in [0.5, 0.6) is 0 Å². The highest BCUT2D eigenvalue weighted by molar-refractivity contribution is 6.59. The molecule has 0 aromatic heterocycles. The Labute approximate surface area is 128 Å². The summed E-state index contributed by atoms with van der Waals surface area (Å²) in [6.45, 7) is 12.2. The Morgan fingerprint density at radius 1 is 0.810 bits per heavy atom. The first-order chi connectivity index (χ1) is 10.3. The highest BCUT2D eigenvalue weighted by Gasteiger charge is 2.18. The summed E-state index contributed by atoms with van der Waals surface area (Å²) >= 11 is 0. The number of benzene rings is 1. The first-order valence-electron chi connectivity index (χ1n) is 7.33. The molecule has 0 nitrogen and oxygen atoms in total. The Morgan fingerprint density at radius 2 is 1.24 bits per heavy atom. The molecule has 0 saturated carbocycles. The van der Waals surface area contributed by atoms with Crippen LogP contribution in [0.25, 0.3) is 11.1 Å². The van der Waals surface area contributed by atoms with Crippen molar-refractivity contribution >= 4 is 18.4 Å². The fraction of sp³-hybridized carbons (Fsp3) is 0.100. The molecule has 1 heterocycles. The lowest BCUT2D eigenvalue weighted by Crippen LogP contribution is -1.99. The van der Waals surface area contributed by atoms with E-state index in [1.807, 2.05) is 12.2 Å². The van der Waals surface area contributed by atoms with Crippen molar-refractivity contribution in [3.8, 4) is 0 Å². The average Bonchev–Trinajstić information content (AvgIpc) is 2.62. The number of hydrogen-bond donors (Lipinski definition) is 0. The molecule has 1 aliphatic rings. The second-order valence-corrected chi connectivity index (χ2v) is 5.01. The van der Waals surface area contributed by atoms with E-state index in [1.54, 1.807) is 0 Å². The molecule has 1 heteroatoms. The van der Waals surface area contributed by atoms with Crippen molar-refractivity contribution in [1.29, 1.82) is 0 Å². The van der Waals surface area contributed by atoms with E-state index >= 15 is 0 Å². The third-order valence-corrected chi connectivity index (χ3v) is 3.72. The van der Waals surface area contributed by atoms with Gasteiger partial charge in [-0.15, -0.1) is 0 Å². The van der Waals surface area contributed by atoms with Crippen LogP contribution in [-0.4, -0.2) is 7.28 Å². The van der Waals surface area contributed by atoms with E-state index in [-0.39, 0.29) is 0 Å². The zero-order valence-electron chi connectivity index (χ0n) is 12.9. The molecule has 1 aromatic carbocycles. The highest BCUT2D eigenvalue weighted by Crippen LogP contribution is 2.35. The van der Waals surface area contributed by atoms with Crippen LogP contribution >= 0.6 is 0 Å². The van der Waals surface area contributed by atoms with Gasteiger partial charge in [0.15, 0.2) is 7.28 Å². The van der Waals surface area contributed by atoms with Crippen LogP contribution in [0, 0.1) is 0 Å². The molecule has 0 N–H and O–H groups in total. The van der Waals surface area contributed by atoms with Gasteiger partial charge in [0.1, 0.15) is 0 Å². The quantitative estimate of drug-likeness (QED) is 0.670. The van der Waals surface area contributed by atoms with Crippen LogP contribution in [0.15, 0.2) is 84.8 Å². The third kappa shape index (κ3) is 2.92. The van der Waals surface area contributed by atoms with Crippen molar-refractivity contribution in [3.05, 3.63) is 96.0 Å². The zero-order chi connectivity index (χ0) is 15.2. The molecule has 1 aliphatic heterocycles. The van der Waals surface area contributed by atoms with Gasteiger partial charge >= 0.3 is 0 Å². The summed E-state index contributed by atoms with van der Waals surface area (Å²) in [5.41, 5.74) is 7.48. The van der Waals surface area contributed by atoms with E-state index in [0.717, 1.165) is 7.28 Å². The maximum absolute atomic E-state index is 4.03. The van der Waals surface area contributed by atoms with Crippen molar-refractivity contribution in [2.45, 2.75) is 13.8 Å². The molecule has 0 unspecified atom stereocenters. The summed E-state index contributed by atoms with van der Waals surface area (Å²) in [6.07, 6.45) is 12.5. The molecule has 0 radical (unpaired) electrons. The Kier molecular flexibility index (Phi) is 5.00. The summed E-state index contributed by atoms with van der Waals surface area (Å²) in [4.78, 5) is 0. The maximum atomic E-state index is 4.03. The minimum atomic E-state index is 0.895. The first kappa shape index (κ1) is 15.1. The molecule has 104 valence electrons. The molecular formula is C20H21B. The number of allylic oxidation sites excluding steroid dienone is 10. The van der Waals surface area contributed by atoms with E-state index in [2.05, 4.69) is 75.6 Å². The fourth-order valence-corrected chi connectivity index (χ4v) is 2.88. The second-order valence-electron chi connectivity index (χ2n) is 5.01. The van der Waals surface area contributed by atoms with Gasteiger partial charge in [0.2, 0.25) is 0 Å². The SMILES string of the molecule is C=CC1=C(/C=C\C)BC(/C=C\C)=C(C=C)c2ccccc21. The monoisotopic (exact) mass is 272 g/mol. The fourth-order valence-electron chi connectivity index (χ4n) is 2.88. The van der Waals surface area contributed by atoms with Crippen LogP contribution in [0.1, 0.15) is 25.0 Å². The van der Waals surface area contributed by atoms with Gasteiger partial charge in [-0.1, -0.05) is 84.8 Å². The van der Waals surface area contributed by atoms with Crippen LogP contribution in [-0.2, 0) is 0 Å². The molecule has 2 rings (SSSR count). The molecule has 1 aromatic rings. The number of hydrogen-bond acceptors (Lipinski definition) is 0. The Balaban J connectivity index is 2.85. The van der Waals surface area contributed by atoms with Crippen molar-refractivity contribution in [1.82, 2.24) is 0 Å². The summed E-state index contributed by atoms with van der Waals surface area (Å²) < 4.78 is 0. The Bertz CT molecular complexity index is 623. The average molecular weight is 272 g/mol. The normalized spacial score (nSPS) is 15.1. The smallest absolute Gasteiger partial charge is 0.0985 e. The molecular weight excluding hydrogens is 251 g/mol. The minimum absolute atomic E-state index is 0.895. The lowest BCUT2D eigenvalue weighted by Gasteiger charge is -2.11. The maximum Gasteiger partial charge on any atom is 0.193 e. The third-order valence-electron chi connectivity index (χ3n) is 3.72. The largest absolute Gasteiger partial charge is 0.193 e. The van der Waals surface area contributed by atoms with E-state index in [4.69, 9.17) is 0 Å². The second kappa shape index (κ2) is 6.94. The number of fused-ring (bicyclic) bond motifs is 1. The summed E-state index contributed by atoms with van der Waals surface area (Å²) in [5, 5.41) is 0. The molecule has 0 amide bonds. The molecule has 21 heavy (non-hydrogen) atoms. The predicted molar refractivity (Wildman–Crippen MR) is 97.5 cm³/mol. The zero-order valence-corrected chi connectivity index (χ0v) is 12.9. The summed E-state index contributed by atoms with van der Waals surface area (Å²) in [7, 11) is 0.895. The van der Waals surface area contributed by atoms with Gasteiger partial charge in [-0.25, -0.2) is 0 Å². The van der Waals surface area contributed by atoms with Gasteiger partial charge in [0.05, 0.1) is 0 Å². The van der Waals surface area contributed by atoms with Gasteiger partial charge in [0.25, 0.3) is 0 Å². The van der Waals surface area contributed by atoms with E-state index in [1.165, 1.54) is 33.2 Å². The van der Waals surface area contributed by atoms with E-state index in [9.17, 15) is 0 Å². The van der Waals surface area contributed by atoms with Gasteiger partial charge in [-0.05, 0) is 36.1 Å². The topological polar surface area (TPSA) is 0 Å². The summed E-state index contributed by atoms with van der Waals surface area (Å²) in [5.74, 6) is 0. The van der Waals surface area contributed by atoms with Gasteiger partial charge in [0, 0.05) is 0 Å². The van der Waals surface area contributed by atoms with Gasteiger partial charge in [-0.2, -0.15) is 0 Å². The van der Waals surface area contributed by atoms with E-state index < -0.39 is 0 Å². The first-order valence-corrected chi connectivity index (χ1v) is 7.33. The molecule has 0 saturated heterocycles. The molecule has 0 fully saturated rings. The standard InChI is InChI=1S/C20H21B/c1-5-11-19-15(7-3)17-13-9-10-14-18(17)16(8-4)20(21-19)12-6-2/h5-14,21H,3-4H2,1-2H3/b11-5-,12-6-. The lowest BCUT2D eigenvalue weighted by molar-refractivity contribution is 1.54. The van der Waals surface area contributed by atoms with Crippen molar-refractivity contribution in [3.63, 3.8) is 0 Å². The van der Waals surface area contributed by atoms with Crippen LogP contribution in [0.2, 0.25) is 0 Å². The molecule has 0 atom stereocenters. The van der Waals surface area contributed by atoms with Crippen molar-refractivity contribution < 1.29 is 0 Å². The van der Waals surface area contributed by atoms with Crippen LogP contribution < -0.4 is 0 Å². The molecule has 0 spiro atoms. The number of rotatable bonds is 4. The Morgan fingerprint density at radius 3 is 1.57 bits per heavy atom. The van der Waals surface area contributed by atoms with Crippen molar-refractivity contribution in [2.24, 2.45) is 0 Å². The molecule has 0 aliphatic carbocycles. The van der Waals surface area contributed by atoms with Crippen LogP contribution in [0.4, 0.5) is 0 Å². The summed E-state index contributed by atoms with van der Waals surface area (Å²) in [6, 6.07) is 8.49. The predicted octanol–water partition coefficient (Wildman–Crippen LogP) is 5.08.